The Morgan fingerprint density at radius 2 is 2.33 bits per heavy atom. The summed E-state index contributed by atoms with van der Waals surface area (Å²) in [5.74, 6) is 1.56. The summed E-state index contributed by atoms with van der Waals surface area (Å²) < 4.78 is 24.6. The highest BCUT2D eigenvalue weighted by molar-refractivity contribution is 7.99. The first-order valence-corrected chi connectivity index (χ1v) is 9.04. The maximum Gasteiger partial charge on any atom is 0.238 e. The van der Waals surface area contributed by atoms with Gasteiger partial charge in [-0.2, -0.15) is 4.31 Å². The fraction of sp³-hybridized carbons (Fsp3) is 0.900. The third-order valence-corrected chi connectivity index (χ3v) is 5.57. The highest BCUT2D eigenvalue weighted by Gasteiger charge is 2.32. The third-order valence-electron chi connectivity index (χ3n) is 3.29. The average molecular weight is 293 g/mol. The molecule has 6 nitrogen and oxygen atoms in total. The summed E-state index contributed by atoms with van der Waals surface area (Å²) in [6, 6.07) is -0.221. The van der Waals surface area contributed by atoms with E-state index in [2.05, 4.69) is 10.6 Å². The Bertz CT molecular complexity index is 407. The number of nitrogens with one attached hydrogen (secondary N) is 2. The third kappa shape index (κ3) is 3.37. The number of sulfonamides is 1. The van der Waals surface area contributed by atoms with Gasteiger partial charge in [-0.3, -0.25) is 10.1 Å². The van der Waals surface area contributed by atoms with Crippen LogP contribution in [0.25, 0.3) is 0 Å². The summed E-state index contributed by atoms with van der Waals surface area (Å²) in [6.07, 6.45) is 2.91. The van der Waals surface area contributed by atoms with Crippen molar-refractivity contribution in [1.29, 1.82) is 0 Å². The van der Waals surface area contributed by atoms with Crippen LogP contribution >= 0.6 is 11.8 Å². The lowest BCUT2D eigenvalue weighted by molar-refractivity contribution is -0.122. The Kier molecular flexibility index (Phi) is 4.52. The van der Waals surface area contributed by atoms with E-state index < -0.39 is 10.0 Å². The molecule has 1 amide bonds. The molecule has 2 heterocycles. The van der Waals surface area contributed by atoms with Crippen molar-refractivity contribution in [2.45, 2.75) is 24.9 Å². The number of hydrogen-bond acceptors (Lipinski definition) is 5. The van der Waals surface area contributed by atoms with Gasteiger partial charge in [-0.15, -0.1) is 11.8 Å². The molecule has 8 heteroatoms. The first-order chi connectivity index (χ1) is 8.48. The van der Waals surface area contributed by atoms with Crippen LogP contribution < -0.4 is 10.6 Å². The van der Waals surface area contributed by atoms with Crippen molar-refractivity contribution in [3.8, 4) is 0 Å². The minimum atomic E-state index is -3.16. The van der Waals surface area contributed by atoms with E-state index in [0.29, 0.717) is 13.1 Å². The van der Waals surface area contributed by atoms with Gasteiger partial charge in [-0.05, 0) is 12.8 Å². The van der Waals surface area contributed by atoms with Crippen molar-refractivity contribution in [3.63, 3.8) is 0 Å². The molecule has 0 saturated carbocycles. The van der Waals surface area contributed by atoms with Crippen LogP contribution in [0.4, 0.5) is 0 Å². The van der Waals surface area contributed by atoms with Gasteiger partial charge in [0, 0.05) is 30.8 Å². The first kappa shape index (κ1) is 14.1. The molecular weight excluding hydrogens is 274 g/mol. The second-order valence-electron chi connectivity index (χ2n) is 4.69. The predicted molar refractivity (Wildman–Crippen MR) is 71.8 cm³/mol. The van der Waals surface area contributed by atoms with Gasteiger partial charge >= 0.3 is 0 Å². The van der Waals surface area contributed by atoms with Crippen LogP contribution in [-0.2, 0) is 14.8 Å². The topological polar surface area (TPSA) is 78.5 Å². The standard InChI is InChI=1S/C10H19N3O3S2/c1-18(15,16)13-4-2-3-8(13)5-11-10(14)9-6-17-7-12-9/h8-9,12H,2-7H2,1H3,(H,11,14). The van der Waals surface area contributed by atoms with Crippen molar-refractivity contribution in [3.05, 3.63) is 0 Å². The van der Waals surface area contributed by atoms with E-state index in [1.165, 1.54) is 10.6 Å². The van der Waals surface area contributed by atoms with Crippen LogP contribution in [0.15, 0.2) is 0 Å². The zero-order chi connectivity index (χ0) is 13.2. The fourth-order valence-corrected chi connectivity index (χ4v) is 4.48. The van der Waals surface area contributed by atoms with Crippen molar-refractivity contribution in [2.24, 2.45) is 0 Å². The van der Waals surface area contributed by atoms with Crippen LogP contribution in [-0.4, -0.2) is 61.7 Å². The summed E-state index contributed by atoms with van der Waals surface area (Å²) in [7, 11) is -3.16. The fourth-order valence-electron chi connectivity index (χ4n) is 2.36. The van der Waals surface area contributed by atoms with Gasteiger partial charge in [0.15, 0.2) is 0 Å². The molecular formula is C10H19N3O3S2. The molecule has 0 aromatic heterocycles. The van der Waals surface area contributed by atoms with E-state index >= 15 is 0 Å². The molecule has 104 valence electrons. The Morgan fingerprint density at radius 1 is 1.56 bits per heavy atom. The second-order valence-corrected chi connectivity index (χ2v) is 7.65. The lowest BCUT2D eigenvalue weighted by Crippen LogP contribution is -2.47. The smallest absolute Gasteiger partial charge is 0.238 e. The number of nitrogens with zero attached hydrogens (tertiary/aromatic N) is 1. The Morgan fingerprint density at radius 3 is 2.94 bits per heavy atom. The van der Waals surface area contributed by atoms with E-state index in [0.717, 1.165) is 24.5 Å². The lowest BCUT2D eigenvalue weighted by Gasteiger charge is -2.23. The molecule has 2 saturated heterocycles. The molecule has 18 heavy (non-hydrogen) atoms. The van der Waals surface area contributed by atoms with Gasteiger partial charge in [-0.1, -0.05) is 0 Å². The van der Waals surface area contributed by atoms with Crippen LogP contribution in [0.5, 0.6) is 0 Å². The first-order valence-electron chi connectivity index (χ1n) is 6.04. The van der Waals surface area contributed by atoms with Crippen molar-refractivity contribution in [1.82, 2.24) is 14.9 Å². The molecule has 0 aliphatic carbocycles. The summed E-state index contributed by atoms with van der Waals surface area (Å²) in [4.78, 5) is 11.8. The van der Waals surface area contributed by atoms with Gasteiger partial charge in [0.05, 0.1) is 12.3 Å². The predicted octanol–water partition coefficient (Wildman–Crippen LogP) is -0.811. The molecule has 2 aliphatic rings. The van der Waals surface area contributed by atoms with E-state index in [9.17, 15) is 13.2 Å². The summed E-state index contributed by atoms with van der Waals surface area (Å²) >= 11 is 1.70. The molecule has 2 fully saturated rings. The van der Waals surface area contributed by atoms with E-state index in [1.807, 2.05) is 0 Å². The normalized spacial score (nSPS) is 29.6. The molecule has 2 atom stereocenters. The van der Waals surface area contributed by atoms with Crippen molar-refractivity contribution >= 4 is 27.7 Å². The molecule has 0 spiro atoms. The zero-order valence-electron chi connectivity index (χ0n) is 10.4. The number of thioether (sulfide) groups is 1. The molecule has 0 radical (unpaired) electrons. The largest absolute Gasteiger partial charge is 0.353 e. The van der Waals surface area contributed by atoms with Crippen LogP contribution in [0.2, 0.25) is 0 Å². The van der Waals surface area contributed by atoms with Crippen LogP contribution in [0, 0.1) is 0 Å². The number of carbonyl (C=O) groups is 1. The van der Waals surface area contributed by atoms with Crippen LogP contribution in [0.1, 0.15) is 12.8 Å². The minimum absolute atomic E-state index is 0.0275. The van der Waals surface area contributed by atoms with Gasteiger partial charge in [0.1, 0.15) is 0 Å². The van der Waals surface area contributed by atoms with Gasteiger partial charge in [0.2, 0.25) is 15.9 Å². The number of carbonyl (C=O) groups excluding carboxylic acids is 1. The van der Waals surface area contributed by atoms with Crippen molar-refractivity contribution < 1.29 is 13.2 Å². The molecule has 2 rings (SSSR count). The number of rotatable bonds is 4. The van der Waals surface area contributed by atoms with Gasteiger partial charge in [0.25, 0.3) is 0 Å². The number of amides is 1. The Hall–Kier alpha value is -0.310. The van der Waals surface area contributed by atoms with E-state index in [-0.39, 0.29) is 18.0 Å². The molecule has 0 aromatic rings. The molecule has 0 bridgehead atoms. The molecule has 2 N–H and O–H groups in total. The highest BCUT2D eigenvalue weighted by Crippen LogP contribution is 2.19. The maximum absolute atomic E-state index is 11.8. The molecule has 2 aliphatic heterocycles. The Labute approximate surface area is 112 Å². The summed E-state index contributed by atoms with van der Waals surface area (Å²) in [5.41, 5.74) is 0. The minimum Gasteiger partial charge on any atom is -0.353 e. The zero-order valence-corrected chi connectivity index (χ0v) is 12.0. The monoisotopic (exact) mass is 293 g/mol. The summed E-state index contributed by atoms with van der Waals surface area (Å²) in [6.45, 7) is 0.978. The lowest BCUT2D eigenvalue weighted by atomic mass is 10.2. The molecule has 0 aromatic carbocycles. The van der Waals surface area contributed by atoms with Crippen molar-refractivity contribution in [2.75, 3.05) is 31.0 Å². The van der Waals surface area contributed by atoms with Crippen LogP contribution in [0.3, 0.4) is 0 Å². The Balaban J connectivity index is 1.84. The molecule has 2 unspecified atom stereocenters. The van der Waals surface area contributed by atoms with Gasteiger partial charge in [-0.25, -0.2) is 8.42 Å². The maximum atomic E-state index is 11.8. The summed E-state index contributed by atoms with van der Waals surface area (Å²) in [5, 5.41) is 5.94. The average Bonchev–Trinajstić information content (AvgIpc) is 2.95. The quantitative estimate of drug-likeness (QED) is 0.709. The highest BCUT2D eigenvalue weighted by atomic mass is 32.2. The SMILES string of the molecule is CS(=O)(=O)N1CCCC1CNC(=O)C1CSCN1. The van der Waals surface area contributed by atoms with Gasteiger partial charge < -0.3 is 5.32 Å². The van der Waals surface area contributed by atoms with E-state index in [4.69, 9.17) is 0 Å². The second kappa shape index (κ2) is 5.77. The van der Waals surface area contributed by atoms with E-state index in [1.54, 1.807) is 11.8 Å². The number of hydrogen-bond donors (Lipinski definition) is 2.